The van der Waals surface area contributed by atoms with E-state index in [0.29, 0.717) is 24.9 Å². The minimum absolute atomic E-state index is 0.110. The number of amides is 1. The molecule has 1 atom stereocenters. The van der Waals surface area contributed by atoms with Crippen molar-refractivity contribution in [2.45, 2.75) is 57.8 Å². The molecule has 8 nitrogen and oxygen atoms in total. The SMILES string of the molecule is CC(C)(C)OC(=O)N[C@](CCCCN)(C(=O)O)C(=O)OCc1ccccc1. The zero-order valence-corrected chi connectivity index (χ0v) is 16.0. The predicted octanol–water partition coefficient (Wildman–Crippen LogP) is 2.21. The first-order valence-electron chi connectivity index (χ1n) is 8.76. The zero-order chi connectivity index (χ0) is 20.5. The van der Waals surface area contributed by atoms with E-state index in [1.165, 1.54) is 0 Å². The Labute approximate surface area is 159 Å². The molecule has 0 aliphatic carbocycles. The number of esters is 1. The maximum Gasteiger partial charge on any atom is 0.409 e. The maximum atomic E-state index is 12.7. The molecule has 0 spiro atoms. The van der Waals surface area contributed by atoms with Crippen LogP contribution in [0.25, 0.3) is 0 Å². The molecule has 0 unspecified atom stereocenters. The van der Waals surface area contributed by atoms with E-state index in [4.69, 9.17) is 15.2 Å². The number of benzene rings is 1. The molecule has 150 valence electrons. The molecule has 0 aromatic heterocycles. The highest BCUT2D eigenvalue weighted by Crippen LogP contribution is 2.20. The molecule has 1 rings (SSSR count). The second-order valence-corrected chi connectivity index (χ2v) is 7.14. The third-order valence-corrected chi connectivity index (χ3v) is 3.65. The van der Waals surface area contributed by atoms with Crippen LogP contribution in [0, 0.1) is 0 Å². The van der Waals surface area contributed by atoms with Crippen LogP contribution in [0.3, 0.4) is 0 Å². The van der Waals surface area contributed by atoms with Crippen LogP contribution in [0.4, 0.5) is 4.79 Å². The van der Waals surface area contributed by atoms with E-state index in [2.05, 4.69) is 5.32 Å². The second kappa shape index (κ2) is 9.91. The molecule has 0 saturated carbocycles. The molecule has 0 heterocycles. The molecule has 0 fully saturated rings. The van der Waals surface area contributed by atoms with Crippen LogP contribution in [-0.2, 0) is 25.7 Å². The van der Waals surface area contributed by atoms with Gasteiger partial charge in [0.25, 0.3) is 0 Å². The first-order valence-corrected chi connectivity index (χ1v) is 8.76. The number of carbonyl (C=O) groups excluding carboxylic acids is 2. The van der Waals surface area contributed by atoms with E-state index >= 15 is 0 Å². The summed E-state index contributed by atoms with van der Waals surface area (Å²) in [5.74, 6) is -2.56. The molecule has 0 aliphatic rings. The lowest BCUT2D eigenvalue weighted by Crippen LogP contribution is -2.61. The Balaban J connectivity index is 2.99. The van der Waals surface area contributed by atoms with Crippen LogP contribution in [0.2, 0.25) is 0 Å². The summed E-state index contributed by atoms with van der Waals surface area (Å²) in [5.41, 5.74) is 3.06. The number of alkyl carbamates (subject to hydrolysis) is 1. The highest BCUT2D eigenvalue weighted by Gasteiger charge is 2.49. The standard InChI is InChI=1S/C19H28N2O6/c1-18(2,3)27-17(25)21-19(15(22)23,11-7-8-12-20)16(24)26-13-14-9-5-4-6-10-14/h4-6,9-10H,7-8,11-13,20H2,1-3H3,(H,21,25)(H,22,23)/t19-/m1/s1. The number of rotatable bonds is 9. The van der Waals surface area contributed by atoms with Gasteiger partial charge >= 0.3 is 18.0 Å². The van der Waals surface area contributed by atoms with Crippen molar-refractivity contribution in [2.75, 3.05) is 6.54 Å². The minimum atomic E-state index is -2.24. The number of nitrogens with one attached hydrogen (secondary N) is 1. The number of hydrogen-bond acceptors (Lipinski definition) is 6. The summed E-state index contributed by atoms with van der Waals surface area (Å²) in [5, 5.41) is 11.9. The maximum absolute atomic E-state index is 12.7. The number of aliphatic carboxylic acids is 1. The Hall–Kier alpha value is -2.61. The number of nitrogens with two attached hydrogens (primary N) is 1. The predicted molar refractivity (Wildman–Crippen MR) is 98.9 cm³/mol. The third kappa shape index (κ3) is 7.26. The normalized spacial score (nSPS) is 13.3. The fourth-order valence-corrected chi connectivity index (χ4v) is 2.32. The van der Waals surface area contributed by atoms with Gasteiger partial charge < -0.3 is 20.3 Å². The summed E-state index contributed by atoms with van der Waals surface area (Å²) in [6.07, 6.45) is -0.350. The van der Waals surface area contributed by atoms with Gasteiger partial charge in [-0.25, -0.2) is 14.4 Å². The molecule has 4 N–H and O–H groups in total. The molecule has 0 radical (unpaired) electrons. The van der Waals surface area contributed by atoms with Gasteiger partial charge in [0.05, 0.1) is 0 Å². The fourth-order valence-electron chi connectivity index (χ4n) is 2.32. The van der Waals surface area contributed by atoms with Gasteiger partial charge in [-0.1, -0.05) is 30.3 Å². The smallest absolute Gasteiger partial charge is 0.409 e. The van der Waals surface area contributed by atoms with Crippen LogP contribution in [0.1, 0.15) is 45.6 Å². The van der Waals surface area contributed by atoms with Crippen molar-refractivity contribution in [3.05, 3.63) is 35.9 Å². The van der Waals surface area contributed by atoms with Crippen molar-refractivity contribution in [1.82, 2.24) is 5.32 Å². The van der Waals surface area contributed by atoms with Crippen molar-refractivity contribution < 1.29 is 29.0 Å². The van der Waals surface area contributed by atoms with Gasteiger partial charge in [-0.2, -0.15) is 0 Å². The van der Waals surface area contributed by atoms with Gasteiger partial charge in [-0.15, -0.1) is 0 Å². The van der Waals surface area contributed by atoms with Gasteiger partial charge in [0.1, 0.15) is 12.2 Å². The van der Waals surface area contributed by atoms with Crippen LogP contribution in [0.5, 0.6) is 0 Å². The van der Waals surface area contributed by atoms with E-state index in [1.54, 1.807) is 45.0 Å². The lowest BCUT2D eigenvalue weighted by atomic mass is 9.92. The van der Waals surface area contributed by atoms with Crippen molar-refractivity contribution >= 4 is 18.0 Å². The summed E-state index contributed by atoms with van der Waals surface area (Å²) in [7, 11) is 0. The number of unbranched alkanes of at least 4 members (excludes halogenated alkanes) is 1. The zero-order valence-electron chi connectivity index (χ0n) is 16.0. The lowest BCUT2D eigenvalue weighted by molar-refractivity contribution is -0.164. The molecular formula is C19H28N2O6. The molecule has 1 amide bonds. The summed E-state index contributed by atoms with van der Waals surface area (Å²) in [6, 6.07) is 8.84. The van der Waals surface area contributed by atoms with Crippen LogP contribution >= 0.6 is 0 Å². The fraction of sp³-hybridized carbons (Fsp3) is 0.526. The number of ether oxygens (including phenoxy) is 2. The largest absolute Gasteiger partial charge is 0.479 e. The average Bonchev–Trinajstić information content (AvgIpc) is 2.58. The van der Waals surface area contributed by atoms with Gasteiger partial charge in [0.2, 0.25) is 5.54 Å². The Morgan fingerprint density at radius 2 is 1.74 bits per heavy atom. The monoisotopic (exact) mass is 380 g/mol. The van der Waals surface area contributed by atoms with E-state index in [-0.39, 0.29) is 13.0 Å². The Kier molecular flexibility index (Phi) is 8.24. The van der Waals surface area contributed by atoms with Crippen molar-refractivity contribution in [3.8, 4) is 0 Å². The topological polar surface area (TPSA) is 128 Å². The summed E-state index contributed by atoms with van der Waals surface area (Å²) in [6.45, 7) is 5.13. The van der Waals surface area contributed by atoms with Crippen LogP contribution in [-0.4, -0.2) is 40.8 Å². The summed E-state index contributed by atoms with van der Waals surface area (Å²) >= 11 is 0. The van der Waals surface area contributed by atoms with Gasteiger partial charge in [0, 0.05) is 0 Å². The van der Waals surface area contributed by atoms with E-state index in [9.17, 15) is 19.5 Å². The average molecular weight is 380 g/mol. The van der Waals surface area contributed by atoms with Gasteiger partial charge in [-0.05, 0) is 52.1 Å². The van der Waals surface area contributed by atoms with Crippen LogP contribution in [0.15, 0.2) is 30.3 Å². The minimum Gasteiger partial charge on any atom is -0.479 e. The highest BCUT2D eigenvalue weighted by molar-refractivity contribution is 6.06. The Bertz CT molecular complexity index is 641. The molecule has 27 heavy (non-hydrogen) atoms. The first-order chi connectivity index (χ1) is 12.6. The molecule has 1 aromatic carbocycles. The first kappa shape index (κ1) is 22.4. The van der Waals surface area contributed by atoms with E-state index in [1.807, 2.05) is 6.07 Å². The van der Waals surface area contributed by atoms with E-state index in [0.717, 1.165) is 0 Å². The lowest BCUT2D eigenvalue weighted by Gasteiger charge is -2.30. The van der Waals surface area contributed by atoms with Gasteiger partial charge in [-0.3, -0.25) is 5.32 Å². The Morgan fingerprint density at radius 3 is 2.26 bits per heavy atom. The number of carboxylic acid groups (broad SMARTS) is 1. The van der Waals surface area contributed by atoms with Crippen LogP contribution < -0.4 is 11.1 Å². The van der Waals surface area contributed by atoms with Crippen molar-refractivity contribution in [1.29, 1.82) is 0 Å². The molecule has 0 aliphatic heterocycles. The molecule has 0 bridgehead atoms. The number of carbonyl (C=O) groups is 3. The summed E-state index contributed by atoms with van der Waals surface area (Å²) in [4.78, 5) is 36.8. The third-order valence-electron chi connectivity index (χ3n) is 3.65. The quantitative estimate of drug-likeness (QED) is 0.340. The summed E-state index contributed by atoms with van der Waals surface area (Å²) < 4.78 is 10.3. The van der Waals surface area contributed by atoms with Crippen molar-refractivity contribution in [3.63, 3.8) is 0 Å². The van der Waals surface area contributed by atoms with Gasteiger partial charge in [0.15, 0.2) is 0 Å². The Morgan fingerprint density at radius 1 is 1.11 bits per heavy atom. The number of hydrogen-bond donors (Lipinski definition) is 3. The van der Waals surface area contributed by atoms with Crippen molar-refractivity contribution in [2.24, 2.45) is 5.73 Å². The van der Waals surface area contributed by atoms with E-state index < -0.39 is 29.2 Å². The molecule has 8 heteroatoms. The highest BCUT2D eigenvalue weighted by atomic mass is 16.6. The number of carboxylic acids is 1. The molecular weight excluding hydrogens is 352 g/mol. The molecule has 1 aromatic rings. The molecule has 0 saturated heterocycles. The second-order valence-electron chi connectivity index (χ2n) is 7.14.